The molecule has 0 saturated heterocycles. The van der Waals surface area contributed by atoms with Crippen LogP contribution in [0.2, 0.25) is 0 Å². The summed E-state index contributed by atoms with van der Waals surface area (Å²) in [6, 6.07) is 8.58. The first-order valence-electron chi connectivity index (χ1n) is 8.48. The van der Waals surface area contributed by atoms with E-state index in [0.29, 0.717) is 23.1 Å². The van der Waals surface area contributed by atoms with Crippen LogP contribution in [0.5, 0.6) is 0 Å². The number of benzene rings is 1. The second-order valence-corrected chi connectivity index (χ2v) is 6.86. The molecule has 0 saturated carbocycles. The standard InChI is InChI=1S/C20H20N2O3/c1-11-8-15-17(25-20(24)18(15)19(23)21-11)10-13-5-7-16-14(9-13)6-4-12(2)22(16)3/h5,7-10,12H,4,6H2,1-3H3,(H,21,23)/b17-10+/t12-/m1/s1. The molecule has 1 N–H and O–H groups in total. The Bertz CT molecular complexity index is 971. The largest absolute Gasteiger partial charge is 0.422 e. The zero-order valence-corrected chi connectivity index (χ0v) is 14.6. The fourth-order valence-electron chi connectivity index (χ4n) is 3.59. The van der Waals surface area contributed by atoms with Crippen molar-refractivity contribution in [1.29, 1.82) is 0 Å². The molecule has 1 atom stereocenters. The Morgan fingerprint density at radius 2 is 2.08 bits per heavy atom. The summed E-state index contributed by atoms with van der Waals surface area (Å²) in [6.45, 7) is 4.02. The zero-order valence-electron chi connectivity index (χ0n) is 14.6. The number of hydrogen-bond donors (Lipinski definition) is 1. The number of fused-ring (bicyclic) bond motifs is 2. The second-order valence-electron chi connectivity index (χ2n) is 6.86. The van der Waals surface area contributed by atoms with Crippen LogP contribution in [0.3, 0.4) is 0 Å². The van der Waals surface area contributed by atoms with Crippen LogP contribution in [-0.4, -0.2) is 24.0 Å². The van der Waals surface area contributed by atoms with Crippen LogP contribution in [0.4, 0.5) is 5.69 Å². The van der Waals surface area contributed by atoms with Crippen LogP contribution in [0, 0.1) is 6.92 Å². The number of anilines is 1. The fraction of sp³-hybridized carbons (Fsp3) is 0.300. The lowest BCUT2D eigenvalue weighted by molar-refractivity contribution is 0.0715. The Labute approximate surface area is 145 Å². The summed E-state index contributed by atoms with van der Waals surface area (Å²) >= 11 is 0. The van der Waals surface area contributed by atoms with Crippen molar-refractivity contribution >= 4 is 23.5 Å². The van der Waals surface area contributed by atoms with E-state index in [-0.39, 0.29) is 5.56 Å². The van der Waals surface area contributed by atoms with Gasteiger partial charge in [-0.3, -0.25) is 4.79 Å². The highest BCUT2D eigenvalue weighted by Crippen LogP contribution is 2.33. The van der Waals surface area contributed by atoms with Gasteiger partial charge in [-0.1, -0.05) is 6.07 Å². The lowest BCUT2D eigenvalue weighted by Crippen LogP contribution is -2.33. The van der Waals surface area contributed by atoms with Crippen molar-refractivity contribution < 1.29 is 9.53 Å². The average molecular weight is 336 g/mol. The number of nitrogens with one attached hydrogen (secondary N) is 1. The number of rotatable bonds is 1. The predicted octanol–water partition coefficient (Wildman–Crippen LogP) is 3.12. The lowest BCUT2D eigenvalue weighted by atomic mass is 9.95. The number of H-pyrrole nitrogens is 1. The van der Waals surface area contributed by atoms with Gasteiger partial charge < -0.3 is 14.6 Å². The Morgan fingerprint density at radius 1 is 1.28 bits per heavy atom. The minimum absolute atomic E-state index is 0.0865. The third-order valence-electron chi connectivity index (χ3n) is 5.11. The molecule has 3 heterocycles. The molecule has 5 nitrogen and oxygen atoms in total. The first-order chi connectivity index (χ1) is 11.9. The number of hydrogen-bond acceptors (Lipinski definition) is 4. The maximum atomic E-state index is 12.0. The smallest absolute Gasteiger partial charge is 0.349 e. The molecule has 1 aromatic carbocycles. The summed E-state index contributed by atoms with van der Waals surface area (Å²) in [6.07, 6.45) is 3.99. The number of cyclic esters (lactones) is 1. The van der Waals surface area contributed by atoms with Crippen molar-refractivity contribution in [3.8, 4) is 0 Å². The number of carbonyl (C=O) groups is 1. The van der Waals surface area contributed by atoms with Crippen LogP contribution in [0.15, 0.2) is 29.1 Å². The van der Waals surface area contributed by atoms with Gasteiger partial charge in [-0.25, -0.2) is 4.79 Å². The van der Waals surface area contributed by atoms with Crippen LogP contribution >= 0.6 is 0 Å². The fourth-order valence-corrected chi connectivity index (χ4v) is 3.59. The number of pyridine rings is 1. The van der Waals surface area contributed by atoms with E-state index in [0.717, 1.165) is 18.4 Å². The van der Waals surface area contributed by atoms with E-state index in [4.69, 9.17) is 4.74 Å². The molecular weight excluding hydrogens is 316 g/mol. The highest BCUT2D eigenvalue weighted by Gasteiger charge is 2.30. The SMILES string of the molecule is Cc1cc2c(c(=O)[nH]1)C(=O)O/C2=C/c1ccc2c(c1)CC[C@@H](C)N2C. The maximum Gasteiger partial charge on any atom is 0.349 e. The Morgan fingerprint density at radius 3 is 2.88 bits per heavy atom. The van der Waals surface area contributed by atoms with E-state index >= 15 is 0 Å². The number of esters is 1. The molecule has 0 aliphatic carbocycles. The molecule has 2 aromatic rings. The van der Waals surface area contributed by atoms with Crippen LogP contribution < -0.4 is 10.5 Å². The number of ether oxygens (including phenoxy) is 1. The number of carbonyl (C=O) groups excluding carboxylic acids is 1. The lowest BCUT2D eigenvalue weighted by Gasteiger charge is -2.34. The third kappa shape index (κ3) is 2.56. The maximum absolute atomic E-state index is 12.0. The van der Waals surface area contributed by atoms with E-state index in [1.165, 1.54) is 11.3 Å². The van der Waals surface area contributed by atoms with Crippen molar-refractivity contribution in [2.24, 2.45) is 0 Å². The number of aromatic nitrogens is 1. The molecule has 128 valence electrons. The molecular formula is C20H20N2O3. The summed E-state index contributed by atoms with van der Waals surface area (Å²) in [7, 11) is 2.12. The second kappa shape index (κ2) is 5.62. The predicted molar refractivity (Wildman–Crippen MR) is 97.7 cm³/mol. The summed E-state index contributed by atoms with van der Waals surface area (Å²) in [4.78, 5) is 29.0. The van der Waals surface area contributed by atoms with Crippen molar-refractivity contribution in [2.75, 3.05) is 11.9 Å². The van der Waals surface area contributed by atoms with E-state index in [9.17, 15) is 9.59 Å². The van der Waals surface area contributed by atoms with E-state index < -0.39 is 11.5 Å². The van der Waals surface area contributed by atoms with Crippen molar-refractivity contribution in [3.63, 3.8) is 0 Å². The van der Waals surface area contributed by atoms with E-state index in [2.05, 4.69) is 36.0 Å². The minimum atomic E-state index is -0.589. The van der Waals surface area contributed by atoms with E-state index in [1.54, 1.807) is 13.0 Å². The summed E-state index contributed by atoms with van der Waals surface area (Å²) in [5, 5.41) is 0. The molecule has 1 aromatic heterocycles. The summed E-state index contributed by atoms with van der Waals surface area (Å²) in [5.41, 5.74) is 4.46. The molecule has 0 spiro atoms. The van der Waals surface area contributed by atoms with Gasteiger partial charge in [-0.05, 0) is 62.1 Å². The van der Waals surface area contributed by atoms with Crippen molar-refractivity contribution in [1.82, 2.24) is 4.98 Å². The third-order valence-corrected chi connectivity index (χ3v) is 5.11. The van der Waals surface area contributed by atoms with Gasteiger partial charge in [0, 0.05) is 30.0 Å². The Hall–Kier alpha value is -2.82. The van der Waals surface area contributed by atoms with Gasteiger partial charge >= 0.3 is 5.97 Å². The normalized spacial score (nSPS) is 20.4. The topological polar surface area (TPSA) is 62.4 Å². The molecule has 0 unspecified atom stereocenters. The van der Waals surface area contributed by atoms with Crippen LogP contribution in [0.25, 0.3) is 11.8 Å². The van der Waals surface area contributed by atoms with Crippen LogP contribution in [-0.2, 0) is 11.2 Å². The molecule has 2 aliphatic heterocycles. The molecule has 4 rings (SSSR count). The van der Waals surface area contributed by atoms with Gasteiger partial charge in [-0.2, -0.15) is 0 Å². The average Bonchev–Trinajstić information content (AvgIpc) is 2.87. The molecule has 0 fully saturated rings. The summed E-state index contributed by atoms with van der Waals surface area (Å²) < 4.78 is 5.35. The molecule has 25 heavy (non-hydrogen) atoms. The number of aryl methyl sites for hydroxylation is 2. The van der Waals surface area contributed by atoms with Gasteiger partial charge in [0.15, 0.2) is 0 Å². The minimum Gasteiger partial charge on any atom is -0.422 e. The highest BCUT2D eigenvalue weighted by atomic mass is 16.5. The van der Waals surface area contributed by atoms with Gasteiger partial charge in [0.25, 0.3) is 5.56 Å². The first-order valence-corrected chi connectivity index (χ1v) is 8.48. The zero-order chi connectivity index (χ0) is 17.7. The summed E-state index contributed by atoms with van der Waals surface area (Å²) in [5.74, 6) is -0.152. The van der Waals surface area contributed by atoms with Gasteiger partial charge in [0.1, 0.15) is 11.3 Å². The number of aromatic amines is 1. The van der Waals surface area contributed by atoms with Crippen molar-refractivity contribution in [3.05, 3.63) is 62.6 Å². The Kier molecular flexibility index (Phi) is 3.53. The molecule has 0 amide bonds. The Balaban J connectivity index is 1.77. The molecule has 0 bridgehead atoms. The highest BCUT2D eigenvalue weighted by molar-refractivity contribution is 6.05. The van der Waals surface area contributed by atoms with Crippen molar-refractivity contribution in [2.45, 2.75) is 32.7 Å². The molecule has 0 radical (unpaired) electrons. The van der Waals surface area contributed by atoms with Crippen LogP contribution in [0.1, 0.15) is 46.1 Å². The number of nitrogens with zero attached hydrogens (tertiary/aromatic N) is 1. The van der Waals surface area contributed by atoms with Gasteiger partial charge in [0.2, 0.25) is 0 Å². The van der Waals surface area contributed by atoms with Gasteiger partial charge in [0.05, 0.1) is 0 Å². The van der Waals surface area contributed by atoms with Gasteiger partial charge in [-0.15, -0.1) is 0 Å². The van der Waals surface area contributed by atoms with E-state index in [1.807, 2.05) is 12.1 Å². The molecule has 2 aliphatic rings. The molecule has 5 heteroatoms. The quantitative estimate of drug-likeness (QED) is 0.813. The monoisotopic (exact) mass is 336 g/mol. The first kappa shape index (κ1) is 15.7.